The molecule has 5 aromatic heterocycles. The number of nitrogens with zero attached hydrogens (tertiary/aromatic N) is 6. The van der Waals surface area contributed by atoms with Crippen molar-refractivity contribution in [3.05, 3.63) is 231 Å². The average molecular weight is 895 g/mol. The molecule has 7 nitrogen and oxygen atoms in total. The SMILES string of the molecule is c1ccc(-c2nc(-c3ccc(-n4c5cccc(-n6c7ccccc7c7ccccc76)c5c5cccc(-n6c7ccccc7c7ccccc76)c54)cc3)nc(-c3ccc4oc5ccccc5c4c3)n2)cc1. The van der Waals surface area contributed by atoms with Gasteiger partial charge in [0.25, 0.3) is 0 Å². The zero-order valence-corrected chi connectivity index (χ0v) is 37.5. The zero-order valence-electron chi connectivity index (χ0n) is 37.5. The van der Waals surface area contributed by atoms with Crippen LogP contribution in [0.4, 0.5) is 0 Å². The zero-order chi connectivity index (χ0) is 45.9. The minimum atomic E-state index is 0.592. The van der Waals surface area contributed by atoms with Crippen molar-refractivity contribution >= 4 is 87.4 Å². The van der Waals surface area contributed by atoms with Gasteiger partial charge in [0, 0.05) is 65.5 Å². The molecule has 0 unspecified atom stereocenters. The van der Waals surface area contributed by atoms with Crippen LogP contribution in [0.1, 0.15) is 0 Å². The van der Waals surface area contributed by atoms with Gasteiger partial charge in [-0.1, -0.05) is 140 Å². The summed E-state index contributed by atoms with van der Waals surface area (Å²) >= 11 is 0. The molecular weight excluding hydrogens is 857 g/mol. The Labute approximate surface area is 400 Å². The highest BCUT2D eigenvalue weighted by molar-refractivity contribution is 6.19. The van der Waals surface area contributed by atoms with Crippen molar-refractivity contribution in [2.75, 3.05) is 0 Å². The molecule has 15 aromatic rings. The minimum Gasteiger partial charge on any atom is -0.456 e. The number of rotatable bonds is 6. The molecule has 0 aliphatic heterocycles. The highest BCUT2D eigenvalue weighted by atomic mass is 16.3. The van der Waals surface area contributed by atoms with Crippen molar-refractivity contribution in [3.63, 3.8) is 0 Å². The lowest BCUT2D eigenvalue weighted by atomic mass is 10.1. The molecular formula is C63H38N6O. The second-order valence-electron chi connectivity index (χ2n) is 17.9. The topological polar surface area (TPSA) is 66.6 Å². The molecule has 70 heavy (non-hydrogen) atoms. The van der Waals surface area contributed by atoms with E-state index in [1.165, 1.54) is 38.0 Å². The highest BCUT2D eigenvalue weighted by Crippen LogP contribution is 2.44. The van der Waals surface area contributed by atoms with Crippen molar-refractivity contribution in [2.45, 2.75) is 0 Å². The van der Waals surface area contributed by atoms with Crippen LogP contribution in [-0.4, -0.2) is 28.7 Å². The predicted molar refractivity (Wildman–Crippen MR) is 286 cm³/mol. The number of hydrogen-bond donors (Lipinski definition) is 0. The smallest absolute Gasteiger partial charge is 0.164 e. The third-order valence-electron chi connectivity index (χ3n) is 14.1. The second kappa shape index (κ2) is 15.0. The van der Waals surface area contributed by atoms with E-state index in [1.54, 1.807) is 0 Å². The van der Waals surface area contributed by atoms with E-state index in [1.807, 2.05) is 60.7 Å². The molecule has 326 valence electrons. The molecule has 0 aliphatic rings. The summed E-state index contributed by atoms with van der Waals surface area (Å²) in [6.07, 6.45) is 0. The van der Waals surface area contributed by atoms with E-state index in [9.17, 15) is 0 Å². The van der Waals surface area contributed by atoms with Crippen LogP contribution in [-0.2, 0) is 0 Å². The Bertz CT molecular complexity index is 4490. The number of furan rings is 1. The first-order valence-corrected chi connectivity index (χ1v) is 23.6. The first-order chi connectivity index (χ1) is 34.7. The van der Waals surface area contributed by atoms with Crippen LogP contribution in [0, 0.1) is 0 Å². The number of para-hydroxylation sites is 6. The van der Waals surface area contributed by atoms with Crippen LogP contribution in [0.25, 0.3) is 139 Å². The Kier molecular flexibility index (Phi) is 8.23. The monoisotopic (exact) mass is 894 g/mol. The van der Waals surface area contributed by atoms with Gasteiger partial charge in [-0.15, -0.1) is 0 Å². The van der Waals surface area contributed by atoms with Crippen LogP contribution in [0.3, 0.4) is 0 Å². The Morgan fingerprint density at radius 1 is 0.286 bits per heavy atom. The van der Waals surface area contributed by atoms with Gasteiger partial charge in [-0.2, -0.15) is 0 Å². The normalized spacial score (nSPS) is 12.0. The van der Waals surface area contributed by atoms with Crippen molar-refractivity contribution in [1.29, 1.82) is 0 Å². The number of aromatic nitrogens is 6. The minimum absolute atomic E-state index is 0.592. The van der Waals surface area contributed by atoms with Crippen LogP contribution >= 0.6 is 0 Å². The van der Waals surface area contributed by atoms with E-state index >= 15 is 0 Å². The maximum absolute atomic E-state index is 6.19. The molecule has 0 amide bonds. The summed E-state index contributed by atoms with van der Waals surface area (Å²) < 4.78 is 13.5. The van der Waals surface area contributed by atoms with Crippen molar-refractivity contribution < 1.29 is 4.42 Å². The molecule has 15 rings (SSSR count). The van der Waals surface area contributed by atoms with Crippen LogP contribution in [0.5, 0.6) is 0 Å². The van der Waals surface area contributed by atoms with Gasteiger partial charge >= 0.3 is 0 Å². The number of fused-ring (bicyclic) bond motifs is 12. The van der Waals surface area contributed by atoms with Gasteiger partial charge in [-0.25, -0.2) is 15.0 Å². The summed E-state index contributed by atoms with van der Waals surface area (Å²) in [6, 6.07) is 81.6. The van der Waals surface area contributed by atoms with Gasteiger partial charge in [0.15, 0.2) is 17.5 Å². The maximum atomic E-state index is 6.19. The predicted octanol–water partition coefficient (Wildman–Crippen LogP) is 16.1. The molecule has 0 atom stereocenters. The Hall–Kier alpha value is -9.59. The van der Waals surface area contributed by atoms with E-state index in [4.69, 9.17) is 19.4 Å². The average Bonchev–Trinajstić information content (AvgIpc) is 4.18. The summed E-state index contributed by atoms with van der Waals surface area (Å²) in [5.41, 5.74) is 14.5. The number of hydrogen-bond acceptors (Lipinski definition) is 4. The summed E-state index contributed by atoms with van der Waals surface area (Å²) in [7, 11) is 0. The van der Waals surface area contributed by atoms with Crippen LogP contribution in [0.2, 0.25) is 0 Å². The van der Waals surface area contributed by atoms with Crippen molar-refractivity contribution in [1.82, 2.24) is 28.7 Å². The molecule has 0 saturated carbocycles. The van der Waals surface area contributed by atoms with Gasteiger partial charge < -0.3 is 18.1 Å². The van der Waals surface area contributed by atoms with Gasteiger partial charge in [-0.3, -0.25) is 0 Å². The second-order valence-corrected chi connectivity index (χ2v) is 17.9. The fraction of sp³-hybridized carbons (Fsp3) is 0. The molecule has 0 radical (unpaired) electrons. The third-order valence-corrected chi connectivity index (χ3v) is 14.1. The summed E-state index contributed by atoms with van der Waals surface area (Å²) in [4.78, 5) is 15.4. The Balaban J connectivity index is 0.972. The maximum Gasteiger partial charge on any atom is 0.164 e. The van der Waals surface area contributed by atoms with E-state index in [2.05, 4.69) is 184 Å². The van der Waals surface area contributed by atoms with E-state index in [-0.39, 0.29) is 0 Å². The molecule has 0 fully saturated rings. The number of benzene rings is 10. The van der Waals surface area contributed by atoms with Gasteiger partial charge in [0.2, 0.25) is 0 Å². The van der Waals surface area contributed by atoms with E-state index in [0.29, 0.717) is 17.5 Å². The Morgan fingerprint density at radius 3 is 1.36 bits per heavy atom. The first-order valence-electron chi connectivity index (χ1n) is 23.6. The standard InChI is InChI=1S/C63H38N6O/c1-2-16-39(17-3-1)61-64-62(66-63(65-61)41-34-37-58-49(38-41)47-22-8-13-31-57(47)70-58)40-32-35-42(36-33-40)67-54-28-15-29-55(68-50-24-9-4-18-43(50)44-19-5-10-25-51(44)68)59(54)48-23-14-30-56(60(48)67)69-52-26-11-6-20-45(52)46-21-7-12-27-53(46)69/h1-38H. The van der Waals surface area contributed by atoms with Crippen molar-refractivity contribution in [2.24, 2.45) is 0 Å². The van der Waals surface area contributed by atoms with Gasteiger partial charge in [0.1, 0.15) is 11.2 Å². The molecule has 0 N–H and O–H groups in total. The summed E-state index contributed by atoms with van der Waals surface area (Å²) in [5.74, 6) is 1.79. The van der Waals surface area contributed by atoms with Crippen LogP contribution < -0.4 is 0 Å². The Morgan fingerprint density at radius 2 is 0.729 bits per heavy atom. The fourth-order valence-corrected chi connectivity index (χ4v) is 11.1. The first kappa shape index (κ1) is 38.5. The largest absolute Gasteiger partial charge is 0.456 e. The summed E-state index contributed by atoms with van der Waals surface area (Å²) in [5, 5.41) is 9.31. The lowest BCUT2D eigenvalue weighted by molar-refractivity contribution is 0.669. The van der Waals surface area contributed by atoms with Gasteiger partial charge in [-0.05, 0) is 91.0 Å². The van der Waals surface area contributed by atoms with E-state index < -0.39 is 0 Å². The molecule has 0 bridgehead atoms. The molecule has 5 heterocycles. The van der Waals surface area contributed by atoms with Crippen LogP contribution in [0.15, 0.2) is 235 Å². The molecule has 0 aliphatic carbocycles. The molecule has 10 aromatic carbocycles. The summed E-state index contributed by atoms with van der Waals surface area (Å²) in [6.45, 7) is 0. The highest BCUT2D eigenvalue weighted by Gasteiger charge is 2.24. The van der Waals surface area contributed by atoms with Gasteiger partial charge in [0.05, 0.1) is 44.5 Å². The molecule has 0 spiro atoms. The quantitative estimate of drug-likeness (QED) is 0.167. The molecule has 0 saturated heterocycles. The fourth-order valence-electron chi connectivity index (χ4n) is 11.1. The van der Waals surface area contributed by atoms with Crippen molar-refractivity contribution in [3.8, 4) is 51.2 Å². The molecule has 7 heteroatoms. The lowest BCUT2D eigenvalue weighted by Gasteiger charge is -2.15. The lowest BCUT2D eigenvalue weighted by Crippen LogP contribution is -2.02. The third kappa shape index (κ3) is 5.66. The van der Waals surface area contributed by atoms with E-state index in [0.717, 1.165) is 83.1 Å².